The first-order valence-corrected chi connectivity index (χ1v) is 11.1. The SMILES string of the molecule is COc1cccc(N2C(=O)C(=O)/C(=C(/O)c3ccc(OCC(C)C)cc3)C2c2ccccc2)c1. The molecule has 3 aromatic carbocycles. The van der Waals surface area contributed by atoms with E-state index in [1.54, 1.807) is 48.5 Å². The maximum atomic E-state index is 13.2. The van der Waals surface area contributed by atoms with Crippen LogP contribution in [-0.4, -0.2) is 30.5 Å². The van der Waals surface area contributed by atoms with E-state index in [0.717, 1.165) is 0 Å². The van der Waals surface area contributed by atoms with Gasteiger partial charge in [-0.3, -0.25) is 14.5 Å². The molecule has 1 aliphatic rings. The predicted octanol–water partition coefficient (Wildman–Crippen LogP) is 5.36. The highest BCUT2D eigenvalue weighted by Gasteiger charge is 2.47. The van der Waals surface area contributed by atoms with Crippen molar-refractivity contribution in [2.45, 2.75) is 19.9 Å². The van der Waals surface area contributed by atoms with Crippen molar-refractivity contribution < 1.29 is 24.2 Å². The van der Waals surface area contributed by atoms with E-state index in [2.05, 4.69) is 13.8 Å². The number of ether oxygens (including phenoxy) is 2. The average Bonchev–Trinajstić information content (AvgIpc) is 3.13. The van der Waals surface area contributed by atoms with Gasteiger partial charge in [-0.15, -0.1) is 0 Å². The summed E-state index contributed by atoms with van der Waals surface area (Å²) in [6.07, 6.45) is 0. The summed E-state index contributed by atoms with van der Waals surface area (Å²) in [7, 11) is 1.54. The lowest BCUT2D eigenvalue weighted by atomic mass is 9.95. The molecule has 1 aliphatic heterocycles. The van der Waals surface area contributed by atoms with Gasteiger partial charge in [-0.25, -0.2) is 0 Å². The summed E-state index contributed by atoms with van der Waals surface area (Å²) in [6, 6.07) is 22.2. The Kier molecular flexibility index (Phi) is 6.68. The molecule has 1 amide bonds. The van der Waals surface area contributed by atoms with Crippen LogP contribution in [0.5, 0.6) is 11.5 Å². The monoisotopic (exact) mass is 457 g/mol. The summed E-state index contributed by atoms with van der Waals surface area (Å²) in [5.74, 6) is -0.0701. The lowest BCUT2D eigenvalue weighted by Crippen LogP contribution is -2.29. The van der Waals surface area contributed by atoms with Crippen LogP contribution in [0, 0.1) is 5.92 Å². The molecule has 0 spiro atoms. The molecule has 1 atom stereocenters. The zero-order valence-electron chi connectivity index (χ0n) is 19.4. The van der Waals surface area contributed by atoms with Gasteiger partial charge in [0.2, 0.25) is 0 Å². The van der Waals surface area contributed by atoms with E-state index in [-0.39, 0.29) is 11.3 Å². The van der Waals surface area contributed by atoms with E-state index >= 15 is 0 Å². The number of hydrogen-bond acceptors (Lipinski definition) is 5. The molecular formula is C28H27NO5. The van der Waals surface area contributed by atoms with Crippen LogP contribution in [0.25, 0.3) is 5.76 Å². The molecular weight excluding hydrogens is 430 g/mol. The molecule has 0 radical (unpaired) electrons. The second kappa shape index (κ2) is 9.83. The van der Waals surface area contributed by atoms with Crippen molar-refractivity contribution >= 4 is 23.1 Å². The second-order valence-electron chi connectivity index (χ2n) is 8.51. The number of aliphatic hydroxyl groups excluding tert-OH is 1. The highest BCUT2D eigenvalue weighted by molar-refractivity contribution is 6.51. The van der Waals surface area contributed by atoms with Gasteiger partial charge in [-0.1, -0.05) is 50.2 Å². The standard InChI is InChI=1S/C28H27NO5/c1-18(2)17-34-22-14-12-20(13-15-22)26(30)24-25(19-8-5-4-6-9-19)29(28(32)27(24)31)21-10-7-11-23(16-21)33-3/h4-16,18,25,30H,17H2,1-3H3/b26-24+. The van der Waals surface area contributed by atoms with Crippen LogP contribution >= 0.6 is 0 Å². The van der Waals surface area contributed by atoms with Crippen LogP contribution in [0.1, 0.15) is 31.0 Å². The van der Waals surface area contributed by atoms with E-state index < -0.39 is 17.7 Å². The highest BCUT2D eigenvalue weighted by Crippen LogP contribution is 2.42. The van der Waals surface area contributed by atoms with Crippen molar-refractivity contribution in [1.82, 2.24) is 0 Å². The molecule has 174 valence electrons. The third-order valence-electron chi connectivity index (χ3n) is 5.60. The molecule has 6 nitrogen and oxygen atoms in total. The first-order chi connectivity index (χ1) is 16.4. The largest absolute Gasteiger partial charge is 0.507 e. The lowest BCUT2D eigenvalue weighted by Gasteiger charge is -2.25. The molecule has 3 aromatic rings. The molecule has 1 N–H and O–H groups in total. The number of nitrogens with zero attached hydrogens (tertiary/aromatic N) is 1. The summed E-state index contributed by atoms with van der Waals surface area (Å²) < 4.78 is 11.0. The topological polar surface area (TPSA) is 76.1 Å². The number of rotatable bonds is 7. The minimum atomic E-state index is -0.787. The second-order valence-corrected chi connectivity index (χ2v) is 8.51. The zero-order chi connectivity index (χ0) is 24.2. The van der Waals surface area contributed by atoms with Crippen LogP contribution < -0.4 is 14.4 Å². The molecule has 1 saturated heterocycles. The number of aliphatic hydroxyl groups is 1. The average molecular weight is 458 g/mol. The van der Waals surface area contributed by atoms with Gasteiger partial charge < -0.3 is 14.6 Å². The van der Waals surface area contributed by atoms with Gasteiger partial charge in [0.15, 0.2) is 0 Å². The first kappa shape index (κ1) is 23.1. The van der Waals surface area contributed by atoms with Crippen LogP contribution in [0.15, 0.2) is 84.4 Å². The van der Waals surface area contributed by atoms with Gasteiger partial charge in [0, 0.05) is 17.3 Å². The van der Waals surface area contributed by atoms with E-state index in [1.807, 2.05) is 30.3 Å². The molecule has 0 saturated carbocycles. The Hall–Kier alpha value is -4.06. The van der Waals surface area contributed by atoms with Crippen molar-refractivity contribution in [3.05, 3.63) is 95.6 Å². The predicted molar refractivity (Wildman–Crippen MR) is 131 cm³/mol. The maximum Gasteiger partial charge on any atom is 0.300 e. The third-order valence-corrected chi connectivity index (χ3v) is 5.60. The van der Waals surface area contributed by atoms with Gasteiger partial charge in [-0.2, -0.15) is 0 Å². The summed E-state index contributed by atoms with van der Waals surface area (Å²) in [4.78, 5) is 27.8. The number of hydrogen-bond donors (Lipinski definition) is 1. The van der Waals surface area contributed by atoms with E-state index in [4.69, 9.17) is 9.47 Å². The number of ketones is 1. The van der Waals surface area contributed by atoms with Gasteiger partial charge in [0.25, 0.3) is 11.7 Å². The zero-order valence-corrected chi connectivity index (χ0v) is 19.4. The summed E-state index contributed by atoms with van der Waals surface area (Å²) in [5.41, 5.74) is 1.69. The van der Waals surface area contributed by atoms with Crippen LogP contribution in [0.4, 0.5) is 5.69 Å². The summed E-state index contributed by atoms with van der Waals surface area (Å²) in [6.45, 7) is 4.70. The molecule has 0 aliphatic carbocycles. The number of methoxy groups -OCH3 is 1. The smallest absolute Gasteiger partial charge is 0.300 e. The molecule has 1 heterocycles. The highest BCUT2D eigenvalue weighted by atomic mass is 16.5. The Bertz CT molecular complexity index is 1220. The number of carbonyl (C=O) groups excluding carboxylic acids is 2. The lowest BCUT2D eigenvalue weighted by molar-refractivity contribution is -0.132. The molecule has 4 rings (SSSR count). The quantitative estimate of drug-likeness (QED) is 0.294. The molecule has 1 unspecified atom stereocenters. The fourth-order valence-corrected chi connectivity index (χ4v) is 3.94. The summed E-state index contributed by atoms with van der Waals surface area (Å²) >= 11 is 0. The van der Waals surface area contributed by atoms with Crippen molar-refractivity contribution in [1.29, 1.82) is 0 Å². The normalized spacial score (nSPS) is 17.3. The Morgan fingerprint density at radius 1 is 0.941 bits per heavy atom. The number of benzene rings is 3. The number of Topliss-reactive ketones (excluding diaryl/α,β-unsaturated/α-hetero) is 1. The fraction of sp³-hybridized carbons (Fsp3) is 0.214. The van der Waals surface area contributed by atoms with E-state index in [1.165, 1.54) is 12.0 Å². The number of anilines is 1. The van der Waals surface area contributed by atoms with Crippen molar-refractivity contribution in [2.75, 3.05) is 18.6 Å². The summed E-state index contributed by atoms with van der Waals surface area (Å²) in [5, 5.41) is 11.2. The Morgan fingerprint density at radius 2 is 1.65 bits per heavy atom. The van der Waals surface area contributed by atoms with Crippen molar-refractivity contribution in [3.8, 4) is 11.5 Å². The van der Waals surface area contributed by atoms with E-state index in [9.17, 15) is 14.7 Å². The van der Waals surface area contributed by atoms with Crippen molar-refractivity contribution in [2.24, 2.45) is 5.92 Å². The Balaban J connectivity index is 1.80. The molecule has 34 heavy (non-hydrogen) atoms. The minimum Gasteiger partial charge on any atom is -0.507 e. The van der Waals surface area contributed by atoms with E-state index in [0.29, 0.717) is 40.8 Å². The van der Waals surface area contributed by atoms with Gasteiger partial charge in [-0.05, 0) is 47.9 Å². The van der Waals surface area contributed by atoms with Crippen molar-refractivity contribution in [3.63, 3.8) is 0 Å². The van der Waals surface area contributed by atoms with Gasteiger partial charge in [0.05, 0.1) is 25.3 Å². The number of carbonyl (C=O) groups is 2. The third kappa shape index (κ3) is 4.53. The first-order valence-electron chi connectivity index (χ1n) is 11.1. The molecule has 0 bridgehead atoms. The molecule has 0 aromatic heterocycles. The Labute approximate surface area is 199 Å². The van der Waals surface area contributed by atoms with Crippen LogP contribution in [0.3, 0.4) is 0 Å². The minimum absolute atomic E-state index is 0.0369. The number of amides is 1. The molecule has 1 fully saturated rings. The van der Waals surface area contributed by atoms with Crippen LogP contribution in [-0.2, 0) is 9.59 Å². The maximum absolute atomic E-state index is 13.2. The van der Waals surface area contributed by atoms with Gasteiger partial charge in [0.1, 0.15) is 17.3 Å². The van der Waals surface area contributed by atoms with Gasteiger partial charge >= 0.3 is 0 Å². The van der Waals surface area contributed by atoms with Crippen LogP contribution in [0.2, 0.25) is 0 Å². The molecule has 6 heteroatoms. The fourth-order valence-electron chi connectivity index (χ4n) is 3.94. The Morgan fingerprint density at radius 3 is 2.29 bits per heavy atom.